The number of fused-ring (bicyclic) bond motifs is 1. The normalized spacial score (nSPS) is 19.2. The Morgan fingerprint density at radius 3 is 2.58 bits per heavy atom. The summed E-state index contributed by atoms with van der Waals surface area (Å²) < 4.78 is 27.2. The van der Waals surface area contributed by atoms with E-state index in [0.717, 1.165) is 24.0 Å². The number of sulfonamides is 1. The number of nitrogens with one attached hydrogen (secondary N) is 1. The van der Waals surface area contributed by atoms with E-state index in [4.69, 9.17) is 5.26 Å². The molecular weight excluding hydrogens is 348 g/mol. The highest BCUT2D eigenvalue weighted by Gasteiger charge is 2.40. The third-order valence-corrected chi connectivity index (χ3v) is 6.13. The van der Waals surface area contributed by atoms with Crippen LogP contribution in [0.5, 0.6) is 0 Å². The molecule has 0 heterocycles. The molecule has 0 aromatic heterocycles. The molecule has 0 saturated carbocycles. The van der Waals surface area contributed by atoms with Gasteiger partial charge in [-0.05, 0) is 55.0 Å². The molecule has 1 aliphatic carbocycles. The third-order valence-electron chi connectivity index (χ3n) is 4.92. The number of hydrogen-bond acceptors (Lipinski definition) is 4. The number of hydrogen-bond donors (Lipinski definition) is 1. The fourth-order valence-electron chi connectivity index (χ4n) is 3.46. The summed E-state index contributed by atoms with van der Waals surface area (Å²) in [6, 6.07) is 16.0. The van der Waals surface area contributed by atoms with Crippen molar-refractivity contribution >= 4 is 15.9 Å². The molecule has 26 heavy (non-hydrogen) atoms. The maximum absolute atomic E-state index is 12.9. The van der Waals surface area contributed by atoms with E-state index in [-0.39, 0.29) is 5.75 Å². The van der Waals surface area contributed by atoms with Crippen LogP contribution < -0.4 is 4.72 Å². The molecule has 0 spiro atoms. The van der Waals surface area contributed by atoms with E-state index in [9.17, 15) is 13.2 Å². The number of rotatable bonds is 4. The molecule has 0 fully saturated rings. The van der Waals surface area contributed by atoms with E-state index in [2.05, 4.69) is 4.72 Å². The van der Waals surface area contributed by atoms with E-state index in [1.54, 1.807) is 31.2 Å². The van der Waals surface area contributed by atoms with Gasteiger partial charge in [-0.3, -0.25) is 9.52 Å². The fraction of sp³-hybridized carbons (Fsp3) is 0.300. The van der Waals surface area contributed by atoms with Gasteiger partial charge >= 0.3 is 0 Å². The minimum atomic E-state index is -3.83. The second kappa shape index (κ2) is 6.93. The highest BCUT2D eigenvalue weighted by molar-refractivity contribution is 7.89. The summed E-state index contributed by atoms with van der Waals surface area (Å²) in [7, 11) is -3.83. The van der Waals surface area contributed by atoms with Gasteiger partial charge in [-0.2, -0.15) is 5.26 Å². The Bertz CT molecular complexity index is 975. The Morgan fingerprint density at radius 2 is 1.88 bits per heavy atom. The Morgan fingerprint density at radius 1 is 1.19 bits per heavy atom. The average molecular weight is 368 g/mol. The van der Waals surface area contributed by atoms with Gasteiger partial charge in [-0.1, -0.05) is 36.4 Å². The minimum absolute atomic E-state index is 0.303. The van der Waals surface area contributed by atoms with Gasteiger partial charge in [-0.15, -0.1) is 0 Å². The molecular formula is C20H20N2O3S. The molecule has 1 atom stereocenters. The molecule has 0 saturated heterocycles. The third kappa shape index (κ3) is 3.63. The topological polar surface area (TPSA) is 87.0 Å². The predicted octanol–water partition coefficient (Wildman–Crippen LogP) is 2.80. The molecule has 134 valence electrons. The van der Waals surface area contributed by atoms with Gasteiger partial charge < -0.3 is 0 Å². The zero-order valence-electron chi connectivity index (χ0n) is 14.5. The van der Waals surface area contributed by atoms with Crippen LogP contribution in [-0.4, -0.2) is 14.3 Å². The summed E-state index contributed by atoms with van der Waals surface area (Å²) in [5, 5.41) is 8.81. The smallest absolute Gasteiger partial charge is 0.243 e. The lowest BCUT2D eigenvalue weighted by atomic mass is 9.71. The van der Waals surface area contributed by atoms with Crippen molar-refractivity contribution in [2.45, 2.75) is 37.4 Å². The summed E-state index contributed by atoms with van der Waals surface area (Å²) in [6.45, 7) is 1.80. The summed E-state index contributed by atoms with van der Waals surface area (Å²) in [6.07, 6.45) is 2.36. The Hall–Kier alpha value is -2.65. The van der Waals surface area contributed by atoms with E-state index >= 15 is 0 Å². The second-order valence-electron chi connectivity index (χ2n) is 6.84. The zero-order valence-corrected chi connectivity index (χ0v) is 15.3. The average Bonchev–Trinajstić information content (AvgIpc) is 2.62. The number of carbonyl (C=O) groups excluding carboxylic acids is 1. The van der Waals surface area contributed by atoms with Gasteiger partial charge in [-0.25, -0.2) is 8.42 Å². The molecule has 0 radical (unpaired) electrons. The van der Waals surface area contributed by atoms with Gasteiger partial charge in [0.1, 0.15) is 0 Å². The van der Waals surface area contributed by atoms with Crippen molar-refractivity contribution in [3.63, 3.8) is 0 Å². The summed E-state index contributed by atoms with van der Waals surface area (Å²) in [5.41, 5.74) is 2.13. The highest BCUT2D eigenvalue weighted by atomic mass is 32.2. The largest absolute Gasteiger partial charge is 0.273 e. The van der Waals surface area contributed by atoms with Crippen molar-refractivity contribution in [2.24, 2.45) is 0 Å². The summed E-state index contributed by atoms with van der Waals surface area (Å²) >= 11 is 0. The summed E-state index contributed by atoms with van der Waals surface area (Å²) in [5.74, 6) is -0.791. The van der Waals surface area contributed by atoms with Crippen LogP contribution in [0.15, 0.2) is 48.5 Å². The van der Waals surface area contributed by atoms with Crippen LogP contribution in [0.2, 0.25) is 0 Å². The minimum Gasteiger partial charge on any atom is -0.273 e. The maximum Gasteiger partial charge on any atom is 0.243 e. The van der Waals surface area contributed by atoms with Crippen molar-refractivity contribution in [3.8, 4) is 6.07 Å². The molecule has 2 aromatic rings. The fourth-order valence-corrected chi connectivity index (χ4v) is 4.68. The summed E-state index contributed by atoms with van der Waals surface area (Å²) in [4.78, 5) is 12.9. The SMILES string of the molecule is CC1(C(=O)NS(=O)(=O)Cc2ccc(C#N)cc2)CCCc2ccccc21. The van der Waals surface area contributed by atoms with Crippen molar-refractivity contribution in [3.05, 3.63) is 70.8 Å². The number of nitrogens with zero attached hydrogens (tertiary/aromatic N) is 1. The van der Waals surface area contributed by atoms with Crippen LogP contribution in [0.3, 0.4) is 0 Å². The first kappa shape index (κ1) is 18.2. The molecule has 0 aliphatic heterocycles. The maximum atomic E-state index is 12.9. The molecule has 2 aromatic carbocycles. The lowest BCUT2D eigenvalue weighted by Crippen LogP contribution is -2.46. The highest BCUT2D eigenvalue weighted by Crippen LogP contribution is 2.37. The first-order chi connectivity index (χ1) is 12.3. The van der Waals surface area contributed by atoms with Gasteiger partial charge in [0, 0.05) is 0 Å². The first-order valence-electron chi connectivity index (χ1n) is 8.46. The van der Waals surface area contributed by atoms with Crippen molar-refractivity contribution in [1.29, 1.82) is 5.26 Å². The van der Waals surface area contributed by atoms with E-state index in [1.807, 2.05) is 30.3 Å². The van der Waals surface area contributed by atoms with Crippen LogP contribution in [0.4, 0.5) is 0 Å². The number of carbonyl (C=O) groups is 1. The molecule has 1 amide bonds. The van der Waals surface area contributed by atoms with Gasteiger partial charge in [0.2, 0.25) is 15.9 Å². The molecule has 1 N–H and O–H groups in total. The van der Waals surface area contributed by atoms with Crippen LogP contribution in [0, 0.1) is 11.3 Å². The molecule has 5 nitrogen and oxygen atoms in total. The lowest BCUT2D eigenvalue weighted by molar-refractivity contribution is -0.124. The van der Waals surface area contributed by atoms with Gasteiger partial charge in [0.25, 0.3) is 0 Å². The molecule has 0 bridgehead atoms. The van der Waals surface area contributed by atoms with Crippen LogP contribution in [0.25, 0.3) is 0 Å². The van der Waals surface area contributed by atoms with Crippen LogP contribution in [-0.2, 0) is 32.4 Å². The van der Waals surface area contributed by atoms with E-state index in [1.165, 1.54) is 0 Å². The first-order valence-corrected chi connectivity index (χ1v) is 10.1. The standard InChI is InChI=1S/C20H20N2O3S/c1-20(12-4-6-17-5-2-3-7-18(17)20)19(23)22-26(24,25)14-16-10-8-15(13-21)9-11-16/h2-3,5,7-11H,4,6,12,14H2,1H3,(H,22,23). The van der Waals surface area contributed by atoms with Gasteiger partial charge in [0.05, 0.1) is 22.8 Å². The Labute approximate surface area is 153 Å². The van der Waals surface area contributed by atoms with Crippen molar-refractivity contribution in [2.75, 3.05) is 0 Å². The molecule has 3 rings (SSSR count). The number of aryl methyl sites for hydroxylation is 1. The van der Waals surface area contributed by atoms with Crippen molar-refractivity contribution in [1.82, 2.24) is 4.72 Å². The Balaban J connectivity index is 1.79. The van der Waals surface area contributed by atoms with Crippen LogP contribution >= 0.6 is 0 Å². The van der Waals surface area contributed by atoms with Crippen molar-refractivity contribution < 1.29 is 13.2 Å². The van der Waals surface area contributed by atoms with E-state index < -0.39 is 21.3 Å². The molecule has 1 unspecified atom stereocenters. The number of benzene rings is 2. The number of nitriles is 1. The Kier molecular flexibility index (Phi) is 4.84. The lowest BCUT2D eigenvalue weighted by Gasteiger charge is -2.34. The molecule has 6 heteroatoms. The zero-order chi connectivity index (χ0) is 18.8. The van der Waals surface area contributed by atoms with E-state index in [0.29, 0.717) is 17.5 Å². The number of amides is 1. The monoisotopic (exact) mass is 368 g/mol. The quantitative estimate of drug-likeness (QED) is 0.899. The van der Waals surface area contributed by atoms with Gasteiger partial charge in [0.15, 0.2) is 0 Å². The van der Waals surface area contributed by atoms with Crippen LogP contribution in [0.1, 0.15) is 42.0 Å². The predicted molar refractivity (Wildman–Crippen MR) is 98.7 cm³/mol. The molecule has 1 aliphatic rings. The second-order valence-corrected chi connectivity index (χ2v) is 8.56.